The van der Waals surface area contributed by atoms with E-state index in [4.69, 9.17) is 0 Å². The van der Waals surface area contributed by atoms with Crippen molar-refractivity contribution in [2.45, 2.75) is 32.4 Å². The fourth-order valence-corrected chi connectivity index (χ4v) is 0.930. The fourth-order valence-electron chi connectivity index (χ4n) is 0.930. The second-order valence-electron chi connectivity index (χ2n) is 3.30. The van der Waals surface area contributed by atoms with E-state index in [1.165, 1.54) is 0 Å². The van der Waals surface area contributed by atoms with Gasteiger partial charge in [-0.15, -0.1) is 0 Å². The van der Waals surface area contributed by atoms with Crippen molar-refractivity contribution < 1.29 is 5.11 Å². The van der Waals surface area contributed by atoms with Crippen molar-refractivity contribution in [3.05, 3.63) is 21.0 Å². The molecule has 0 radical (unpaired) electrons. The summed E-state index contributed by atoms with van der Waals surface area (Å²) in [5, 5.41) is 13.9. The quantitative estimate of drug-likeness (QED) is 0.568. The van der Waals surface area contributed by atoms with E-state index in [9.17, 15) is 14.7 Å². The SMILES string of the molecule is CCC(C)(O)Cn1c(=O)[nH][nH]c1=O. The largest absolute Gasteiger partial charge is 0.388 e. The summed E-state index contributed by atoms with van der Waals surface area (Å²) in [5.74, 6) is 0. The first-order valence-corrected chi connectivity index (χ1v) is 4.06. The summed E-state index contributed by atoms with van der Waals surface area (Å²) in [6, 6.07) is 0. The lowest BCUT2D eigenvalue weighted by atomic mass is 10.0. The van der Waals surface area contributed by atoms with Crippen LogP contribution in [0.4, 0.5) is 0 Å². The van der Waals surface area contributed by atoms with E-state index in [-0.39, 0.29) is 6.54 Å². The lowest BCUT2D eigenvalue weighted by Crippen LogP contribution is -2.38. The Morgan fingerprint density at radius 1 is 1.38 bits per heavy atom. The highest BCUT2D eigenvalue weighted by molar-refractivity contribution is 4.75. The van der Waals surface area contributed by atoms with Crippen LogP contribution in [0.25, 0.3) is 0 Å². The Morgan fingerprint density at radius 2 is 1.85 bits per heavy atom. The van der Waals surface area contributed by atoms with Gasteiger partial charge < -0.3 is 5.11 Å². The Hall–Kier alpha value is -1.30. The third-order valence-corrected chi connectivity index (χ3v) is 2.03. The maximum Gasteiger partial charge on any atom is 0.344 e. The highest BCUT2D eigenvalue weighted by Gasteiger charge is 2.20. The summed E-state index contributed by atoms with van der Waals surface area (Å²) in [5.41, 5.74) is -2.09. The summed E-state index contributed by atoms with van der Waals surface area (Å²) in [4.78, 5) is 22.0. The number of hydrogen-bond donors (Lipinski definition) is 3. The second kappa shape index (κ2) is 3.21. The van der Waals surface area contributed by atoms with Crippen molar-refractivity contribution in [1.82, 2.24) is 14.8 Å². The number of aliphatic hydroxyl groups is 1. The molecule has 0 aliphatic rings. The maximum absolute atomic E-state index is 11.0. The predicted octanol–water partition coefficient (Wildman–Crippen LogP) is -0.974. The van der Waals surface area contributed by atoms with Gasteiger partial charge in [-0.3, -0.25) is 0 Å². The summed E-state index contributed by atoms with van der Waals surface area (Å²) in [6.45, 7) is 3.36. The van der Waals surface area contributed by atoms with Crippen molar-refractivity contribution in [3.63, 3.8) is 0 Å². The number of nitrogens with zero attached hydrogens (tertiary/aromatic N) is 1. The molecule has 0 saturated heterocycles. The highest BCUT2D eigenvalue weighted by atomic mass is 16.3. The van der Waals surface area contributed by atoms with Crippen LogP contribution in [0.2, 0.25) is 0 Å². The number of aromatic amines is 2. The summed E-state index contributed by atoms with van der Waals surface area (Å²) in [6.07, 6.45) is 0.476. The number of hydrogen-bond acceptors (Lipinski definition) is 3. The normalized spacial score (nSPS) is 15.6. The van der Waals surface area contributed by atoms with E-state index < -0.39 is 17.0 Å². The molecule has 0 bridgehead atoms. The van der Waals surface area contributed by atoms with E-state index >= 15 is 0 Å². The van der Waals surface area contributed by atoms with E-state index in [1.807, 2.05) is 0 Å². The Labute approximate surface area is 74.2 Å². The van der Waals surface area contributed by atoms with Crippen LogP contribution in [0.15, 0.2) is 9.59 Å². The first-order chi connectivity index (χ1) is 5.96. The average Bonchev–Trinajstić information content (AvgIpc) is 2.36. The molecule has 1 unspecified atom stereocenters. The third kappa shape index (κ3) is 2.09. The molecule has 3 N–H and O–H groups in total. The molecule has 1 atom stereocenters. The van der Waals surface area contributed by atoms with Crippen LogP contribution >= 0.6 is 0 Å². The van der Waals surface area contributed by atoms with Gasteiger partial charge in [-0.25, -0.2) is 24.4 Å². The lowest BCUT2D eigenvalue weighted by molar-refractivity contribution is 0.0361. The van der Waals surface area contributed by atoms with E-state index in [2.05, 4.69) is 10.2 Å². The molecule has 74 valence electrons. The van der Waals surface area contributed by atoms with Crippen LogP contribution in [0.5, 0.6) is 0 Å². The molecule has 0 amide bonds. The molecule has 0 saturated carbocycles. The fraction of sp³-hybridized carbons (Fsp3) is 0.714. The molecule has 13 heavy (non-hydrogen) atoms. The smallest absolute Gasteiger partial charge is 0.344 e. The minimum Gasteiger partial charge on any atom is -0.388 e. The first kappa shape index (κ1) is 9.79. The minimum absolute atomic E-state index is 0.00116. The molecule has 1 aromatic rings. The molecule has 1 heterocycles. The van der Waals surface area contributed by atoms with Crippen LogP contribution in [-0.4, -0.2) is 25.5 Å². The predicted molar refractivity (Wildman–Crippen MR) is 46.6 cm³/mol. The number of nitrogens with one attached hydrogen (secondary N) is 2. The zero-order valence-corrected chi connectivity index (χ0v) is 7.63. The van der Waals surface area contributed by atoms with Gasteiger partial charge in [0.25, 0.3) is 0 Å². The summed E-state index contributed by atoms with van der Waals surface area (Å²) >= 11 is 0. The topological polar surface area (TPSA) is 90.9 Å². The van der Waals surface area contributed by atoms with Gasteiger partial charge in [-0.1, -0.05) is 6.92 Å². The molecule has 1 aromatic heterocycles. The molecule has 0 aliphatic carbocycles. The van der Waals surface area contributed by atoms with Crippen molar-refractivity contribution in [2.24, 2.45) is 0 Å². The molecule has 1 rings (SSSR count). The van der Waals surface area contributed by atoms with Gasteiger partial charge >= 0.3 is 11.4 Å². The highest BCUT2D eigenvalue weighted by Crippen LogP contribution is 2.08. The number of rotatable bonds is 3. The molecule has 0 aliphatic heterocycles. The summed E-state index contributed by atoms with van der Waals surface area (Å²) < 4.78 is 0.934. The first-order valence-electron chi connectivity index (χ1n) is 4.06. The van der Waals surface area contributed by atoms with Gasteiger partial charge in [0.15, 0.2) is 0 Å². The molecular formula is C7H13N3O3. The van der Waals surface area contributed by atoms with Gasteiger partial charge in [-0.2, -0.15) is 0 Å². The minimum atomic E-state index is -1.03. The van der Waals surface area contributed by atoms with Gasteiger partial charge in [0.05, 0.1) is 12.1 Å². The van der Waals surface area contributed by atoms with Gasteiger partial charge in [-0.05, 0) is 13.3 Å². The number of H-pyrrole nitrogens is 2. The molecule has 6 nitrogen and oxygen atoms in total. The molecular weight excluding hydrogens is 174 g/mol. The van der Waals surface area contributed by atoms with Crippen LogP contribution < -0.4 is 11.4 Å². The van der Waals surface area contributed by atoms with Crippen LogP contribution in [0.3, 0.4) is 0 Å². The number of aromatic nitrogens is 3. The lowest BCUT2D eigenvalue weighted by Gasteiger charge is -2.19. The molecule has 0 fully saturated rings. The zero-order chi connectivity index (χ0) is 10.1. The molecule has 0 aromatic carbocycles. The second-order valence-corrected chi connectivity index (χ2v) is 3.30. The third-order valence-electron chi connectivity index (χ3n) is 2.03. The van der Waals surface area contributed by atoms with Crippen LogP contribution in [0.1, 0.15) is 20.3 Å². The average molecular weight is 187 g/mol. The van der Waals surface area contributed by atoms with Crippen molar-refractivity contribution in [1.29, 1.82) is 0 Å². The summed E-state index contributed by atoms with van der Waals surface area (Å²) in [7, 11) is 0. The molecule has 6 heteroatoms. The Morgan fingerprint density at radius 3 is 2.23 bits per heavy atom. The van der Waals surface area contributed by atoms with Crippen molar-refractivity contribution >= 4 is 0 Å². The zero-order valence-electron chi connectivity index (χ0n) is 7.63. The van der Waals surface area contributed by atoms with E-state index in [0.29, 0.717) is 6.42 Å². The van der Waals surface area contributed by atoms with Gasteiger partial charge in [0.1, 0.15) is 0 Å². The van der Waals surface area contributed by atoms with E-state index in [1.54, 1.807) is 13.8 Å². The monoisotopic (exact) mass is 187 g/mol. The van der Waals surface area contributed by atoms with E-state index in [0.717, 1.165) is 4.57 Å². The molecule has 0 spiro atoms. The Balaban J connectivity index is 2.99. The van der Waals surface area contributed by atoms with Crippen LogP contribution in [0, 0.1) is 0 Å². The van der Waals surface area contributed by atoms with Crippen molar-refractivity contribution in [2.75, 3.05) is 0 Å². The Kier molecular flexibility index (Phi) is 2.42. The maximum atomic E-state index is 11.0. The Bertz CT molecular complexity index is 357. The standard InChI is InChI=1S/C7H13N3O3/c1-3-7(2,13)4-10-5(11)8-9-6(10)12/h13H,3-4H2,1-2H3,(H,8,11)(H,9,12). The van der Waals surface area contributed by atoms with Crippen molar-refractivity contribution in [3.8, 4) is 0 Å². The van der Waals surface area contributed by atoms with Crippen LogP contribution in [-0.2, 0) is 6.54 Å². The van der Waals surface area contributed by atoms with Gasteiger partial charge in [0.2, 0.25) is 0 Å². The van der Waals surface area contributed by atoms with Gasteiger partial charge in [0, 0.05) is 0 Å².